The molecule has 17 heavy (non-hydrogen) atoms. The van der Waals surface area contributed by atoms with Crippen LogP contribution in [0.3, 0.4) is 0 Å². The Balaban J connectivity index is 2.86. The van der Waals surface area contributed by atoms with Gasteiger partial charge in [-0.05, 0) is 12.8 Å². The molecule has 0 atom stereocenters. The van der Waals surface area contributed by atoms with Gasteiger partial charge >= 0.3 is 11.9 Å². The Hall–Kier alpha value is -1.19. The summed E-state index contributed by atoms with van der Waals surface area (Å²) in [7, 11) is -3.99. The minimum Gasteiger partial charge on any atom is -0.480 e. The minimum absolute atomic E-state index is 0.304. The van der Waals surface area contributed by atoms with Gasteiger partial charge in [-0.1, -0.05) is 0 Å². The van der Waals surface area contributed by atoms with Gasteiger partial charge in [0.2, 0.25) is 0 Å². The fraction of sp³-hybridized carbons (Fsp3) is 0.750. The molecule has 1 saturated heterocycles. The molecule has 98 valence electrons. The molecule has 1 heterocycles. The Labute approximate surface area is 98.6 Å². The van der Waals surface area contributed by atoms with Crippen LogP contribution >= 0.6 is 0 Å². The lowest BCUT2D eigenvalue weighted by molar-refractivity contribution is -0.139. The van der Waals surface area contributed by atoms with Crippen molar-refractivity contribution in [2.75, 3.05) is 26.2 Å². The Morgan fingerprint density at radius 2 is 1.47 bits per heavy atom. The molecule has 0 aromatic heterocycles. The highest BCUT2D eigenvalue weighted by molar-refractivity contribution is 7.86. The number of nitrogens with zero attached hydrogens (tertiary/aromatic N) is 2. The van der Waals surface area contributed by atoms with Gasteiger partial charge in [0.25, 0.3) is 10.2 Å². The van der Waals surface area contributed by atoms with E-state index in [4.69, 9.17) is 10.2 Å². The molecule has 0 bridgehead atoms. The topological polar surface area (TPSA) is 115 Å². The third-order valence-electron chi connectivity index (χ3n) is 2.34. The van der Waals surface area contributed by atoms with E-state index in [2.05, 4.69) is 0 Å². The highest BCUT2D eigenvalue weighted by Gasteiger charge is 2.34. The summed E-state index contributed by atoms with van der Waals surface area (Å²) >= 11 is 0. The largest absolute Gasteiger partial charge is 0.480 e. The Kier molecular flexibility index (Phi) is 4.43. The maximum absolute atomic E-state index is 11.9. The summed E-state index contributed by atoms with van der Waals surface area (Å²) in [6.07, 6.45) is 1.40. The van der Waals surface area contributed by atoms with E-state index in [-0.39, 0.29) is 0 Å². The third kappa shape index (κ3) is 3.65. The molecule has 0 unspecified atom stereocenters. The molecule has 0 amide bonds. The van der Waals surface area contributed by atoms with Crippen molar-refractivity contribution < 1.29 is 28.2 Å². The maximum atomic E-state index is 11.9. The van der Waals surface area contributed by atoms with Crippen molar-refractivity contribution in [3.63, 3.8) is 0 Å². The van der Waals surface area contributed by atoms with Gasteiger partial charge in [0.1, 0.15) is 13.1 Å². The van der Waals surface area contributed by atoms with E-state index in [0.717, 1.165) is 4.31 Å². The maximum Gasteiger partial charge on any atom is 0.318 e. The second-order valence-corrected chi connectivity index (χ2v) is 5.60. The van der Waals surface area contributed by atoms with Crippen LogP contribution in [-0.2, 0) is 19.8 Å². The zero-order chi connectivity index (χ0) is 13.1. The van der Waals surface area contributed by atoms with Crippen LogP contribution in [0.15, 0.2) is 0 Å². The van der Waals surface area contributed by atoms with E-state index >= 15 is 0 Å². The minimum atomic E-state index is -3.99. The Morgan fingerprint density at radius 3 is 1.82 bits per heavy atom. The Bertz CT molecular complexity index is 384. The molecule has 0 aromatic carbocycles. The Morgan fingerprint density at radius 1 is 1.06 bits per heavy atom. The van der Waals surface area contributed by atoms with Crippen molar-refractivity contribution in [3.05, 3.63) is 0 Å². The molecule has 0 aromatic rings. The van der Waals surface area contributed by atoms with Crippen molar-refractivity contribution in [2.45, 2.75) is 12.8 Å². The van der Waals surface area contributed by atoms with Gasteiger partial charge < -0.3 is 10.2 Å². The number of hydrogen-bond acceptors (Lipinski definition) is 4. The summed E-state index contributed by atoms with van der Waals surface area (Å²) in [5.74, 6) is -2.76. The molecule has 1 rings (SSSR count). The normalized spacial score (nSPS) is 17.5. The van der Waals surface area contributed by atoms with Crippen molar-refractivity contribution in [1.82, 2.24) is 8.61 Å². The quantitative estimate of drug-likeness (QED) is 0.624. The number of carboxylic acids is 2. The SMILES string of the molecule is O=C(O)CN(CC(=O)O)S(=O)(=O)N1CCCC1. The zero-order valence-corrected chi connectivity index (χ0v) is 9.89. The number of hydrogen-bond donors (Lipinski definition) is 2. The van der Waals surface area contributed by atoms with Crippen molar-refractivity contribution >= 4 is 22.1 Å². The average molecular weight is 266 g/mol. The van der Waals surface area contributed by atoms with Crippen LogP contribution in [0.25, 0.3) is 0 Å². The third-order valence-corrected chi connectivity index (χ3v) is 4.27. The number of aliphatic carboxylic acids is 2. The van der Waals surface area contributed by atoms with Gasteiger partial charge in [-0.15, -0.1) is 0 Å². The van der Waals surface area contributed by atoms with Gasteiger partial charge in [-0.2, -0.15) is 17.0 Å². The highest BCUT2D eigenvalue weighted by atomic mass is 32.2. The van der Waals surface area contributed by atoms with Gasteiger partial charge in [0.05, 0.1) is 0 Å². The number of carboxylic acid groups (broad SMARTS) is 2. The average Bonchev–Trinajstić information content (AvgIpc) is 2.68. The predicted molar refractivity (Wildman–Crippen MR) is 56.6 cm³/mol. The first-order valence-corrected chi connectivity index (χ1v) is 6.42. The van der Waals surface area contributed by atoms with Gasteiger partial charge in [-0.3, -0.25) is 9.59 Å². The molecule has 0 radical (unpaired) electrons. The molecule has 1 aliphatic rings. The second kappa shape index (κ2) is 5.43. The van der Waals surface area contributed by atoms with E-state index in [1.807, 2.05) is 0 Å². The molecule has 0 aliphatic carbocycles. The van der Waals surface area contributed by atoms with E-state index in [9.17, 15) is 18.0 Å². The van der Waals surface area contributed by atoms with Gasteiger partial charge in [0, 0.05) is 13.1 Å². The number of carbonyl (C=O) groups is 2. The molecule has 0 spiro atoms. The van der Waals surface area contributed by atoms with Gasteiger partial charge in [-0.25, -0.2) is 0 Å². The van der Waals surface area contributed by atoms with Crippen LogP contribution < -0.4 is 0 Å². The summed E-state index contributed by atoms with van der Waals surface area (Å²) < 4.78 is 25.4. The van der Waals surface area contributed by atoms with Crippen molar-refractivity contribution in [3.8, 4) is 0 Å². The van der Waals surface area contributed by atoms with Gasteiger partial charge in [0.15, 0.2) is 0 Å². The van der Waals surface area contributed by atoms with E-state index in [0.29, 0.717) is 30.2 Å². The highest BCUT2D eigenvalue weighted by Crippen LogP contribution is 2.16. The number of rotatable bonds is 6. The first-order valence-electron chi connectivity index (χ1n) is 5.03. The van der Waals surface area contributed by atoms with Crippen LogP contribution in [-0.4, -0.2) is 65.4 Å². The fourth-order valence-electron chi connectivity index (χ4n) is 1.60. The van der Waals surface area contributed by atoms with E-state index in [1.165, 1.54) is 0 Å². The van der Waals surface area contributed by atoms with Crippen molar-refractivity contribution in [2.24, 2.45) is 0 Å². The summed E-state index contributed by atoms with van der Waals surface area (Å²) in [5.41, 5.74) is 0. The summed E-state index contributed by atoms with van der Waals surface area (Å²) in [6.45, 7) is -1.08. The molecular formula is C8H14N2O6S. The summed E-state index contributed by atoms with van der Waals surface area (Å²) in [6, 6.07) is 0. The first kappa shape index (κ1) is 13.9. The van der Waals surface area contributed by atoms with Crippen molar-refractivity contribution in [1.29, 1.82) is 0 Å². The first-order chi connectivity index (χ1) is 7.84. The molecular weight excluding hydrogens is 252 g/mol. The lowest BCUT2D eigenvalue weighted by Crippen LogP contribution is -2.46. The lowest BCUT2D eigenvalue weighted by atomic mass is 10.4. The molecule has 0 saturated carbocycles. The molecule has 1 fully saturated rings. The standard InChI is InChI=1S/C8H14N2O6S/c11-7(12)5-10(6-8(13)14)17(15,16)9-3-1-2-4-9/h1-6H2,(H,11,12)(H,13,14). The lowest BCUT2D eigenvalue weighted by Gasteiger charge is -2.24. The zero-order valence-electron chi connectivity index (χ0n) is 9.07. The van der Waals surface area contributed by atoms with E-state index < -0.39 is 35.2 Å². The molecule has 2 N–H and O–H groups in total. The van der Waals surface area contributed by atoms with Crippen LogP contribution in [0, 0.1) is 0 Å². The van der Waals surface area contributed by atoms with Crippen LogP contribution in [0.2, 0.25) is 0 Å². The monoisotopic (exact) mass is 266 g/mol. The van der Waals surface area contributed by atoms with Crippen LogP contribution in [0.5, 0.6) is 0 Å². The summed E-state index contributed by atoms with van der Waals surface area (Å²) in [5, 5.41) is 17.2. The predicted octanol–water partition coefficient (Wildman–Crippen LogP) is -1.20. The molecule has 9 heteroatoms. The van der Waals surface area contributed by atoms with E-state index in [1.54, 1.807) is 0 Å². The van der Waals surface area contributed by atoms with Crippen LogP contribution in [0.4, 0.5) is 0 Å². The molecule has 1 aliphatic heterocycles. The second-order valence-electron chi connectivity index (χ2n) is 3.67. The van der Waals surface area contributed by atoms with Crippen LogP contribution in [0.1, 0.15) is 12.8 Å². The summed E-state index contributed by atoms with van der Waals surface area (Å²) in [4.78, 5) is 21.1. The fourth-order valence-corrected chi connectivity index (χ4v) is 3.20. The smallest absolute Gasteiger partial charge is 0.318 e. The molecule has 8 nitrogen and oxygen atoms in total.